The molecule has 1 aromatic rings. The largest absolute Gasteiger partial charge is 0.481 e. The number of amides is 1. The maximum atomic E-state index is 11.7. The highest BCUT2D eigenvalue weighted by Gasteiger charge is 2.13. The lowest BCUT2D eigenvalue weighted by Crippen LogP contribution is -2.34. The predicted octanol–water partition coefficient (Wildman–Crippen LogP) is 3.24. The third-order valence-electron chi connectivity index (χ3n) is 2.38. The molecule has 0 fully saturated rings. The molecule has 0 aliphatic rings. The molecule has 17 heavy (non-hydrogen) atoms. The highest BCUT2D eigenvalue weighted by Crippen LogP contribution is 2.32. The van der Waals surface area contributed by atoms with Gasteiger partial charge in [-0.3, -0.25) is 4.79 Å². The Hall–Kier alpha value is -0.930. The van der Waals surface area contributed by atoms with Crippen molar-refractivity contribution in [2.75, 3.05) is 19.7 Å². The minimum Gasteiger partial charge on any atom is -0.481 e. The second-order valence-electron chi connectivity index (χ2n) is 3.41. The van der Waals surface area contributed by atoms with Crippen LogP contribution in [0.3, 0.4) is 0 Å². The van der Waals surface area contributed by atoms with Gasteiger partial charge in [-0.15, -0.1) is 0 Å². The topological polar surface area (TPSA) is 29.5 Å². The predicted molar refractivity (Wildman–Crippen MR) is 69.9 cm³/mol. The van der Waals surface area contributed by atoms with Crippen LogP contribution in [0.5, 0.6) is 5.75 Å². The van der Waals surface area contributed by atoms with Gasteiger partial charge in [-0.25, -0.2) is 0 Å². The highest BCUT2D eigenvalue weighted by molar-refractivity contribution is 6.37. The highest BCUT2D eigenvalue weighted by atomic mass is 35.5. The maximum Gasteiger partial charge on any atom is 0.260 e. The Kier molecular flexibility index (Phi) is 5.59. The van der Waals surface area contributed by atoms with Crippen LogP contribution in [0.1, 0.15) is 13.8 Å². The van der Waals surface area contributed by atoms with E-state index in [0.29, 0.717) is 28.9 Å². The average molecular weight is 276 g/mol. The van der Waals surface area contributed by atoms with E-state index in [1.54, 1.807) is 23.1 Å². The van der Waals surface area contributed by atoms with Gasteiger partial charge in [0, 0.05) is 13.1 Å². The summed E-state index contributed by atoms with van der Waals surface area (Å²) in [5.74, 6) is 0.280. The van der Waals surface area contributed by atoms with E-state index in [9.17, 15) is 4.79 Å². The fraction of sp³-hybridized carbons (Fsp3) is 0.417. The van der Waals surface area contributed by atoms with Crippen molar-refractivity contribution in [3.8, 4) is 5.75 Å². The van der Waals surface area contributed by atoms with E-state index in [0.717, 1.165) is 0 Å². The van der Waals surface area contributed by atoms with E-state index in [4.69, 9.17) is 27.9 Å². The summed E-state index contributed by atoms with van der Waals surface area (Å²) in [6.07, 6.45) is 0. The smallest absolute Gasteiger partial charge is 0.260 e. The molecular weight excluding hydrogens is 261 g/mol. The lowest BCUT2D eigenvalue weighted by molar-refractivity contribution is -0.132. The summed E-state index contributed by atoms with van der Waals surface area (Å²) < 4.78 is 5.36. The Bertz CT molecular complexity index is 372. The fourth-order valence-electron chi connectivity index (χ4n) is 1.42. The number of rotatable bonds is 5. The van der Waals surface area contributed by atoms with Gasteiger partial charge < -0.3 is 9.64 Å². The third-order valence-corrected chi connectivity index (χ3v) is 2.97. The van der Waals surface area contributed by atoms with Crippen LogP contribution in [0.25, 0.3) is 0 Å². The lowest BCUT2D eigenvalue weighted by Gasteiger charge is -2.19. The SMILES string of the molecule is CCN(CC)C(=O)COc1c(Cl)cccc1Cl. The van der Waals surface area contributed by atoms with Gasteiger partial charge in [0.1, 0.15) is 0 Å². The van der Waals surface area contributed by atoms with Crippen molar-refractivity contribution in [1.29, 1.82) is 0 Å². The number of nitrogens with zero attached hydrogens (tertiary/aromatic N) is 1. The fourth-order valence-corrected chi connectivity index (χ4v) is 1.93. The maximum absolute atomic E-state index is 11.7. The molecule has 3 nitrogen and oxygen atoms in total. The first-order valence-electron chi connectivity index (χ1n) is 5.44. The molecule has 0 saturated heterocycles. The summed E-state index contributed by atoms with van der Waals surface area (Å²) in [4.78, 5) is 13.4. The molecule has 5 heteroatoms. The number of para-hydroxylation sites is 1. The van der Waals surface area contributed by atoms with E-state index in [-0.39, 0.29) is 12.5 Å². The molecule has 1 rings (SSSR count). The molecule has 0 aliphatic heterocycles. The van der Waals surface area contributed by atoms with Crippen LogP contribution in [-0.2, 0) is 4.79 Å². The van der Waals surface area contributed by atoms with E-state index < -0.39 is 0 Å². The van der Waals surface area contributed by atoms with E-state index in [1.807, 2.05) is 13.8 Å². The molecule has 0 unspecified atom stereocenters. The molecule has 0 atom stereocenters. The number of hydrogen-bond acceptors (Lipinski definition) is 2. The summed E-state index contributed by atoms with van der Waals surface area (Å²) in [5.41, 5.74) is 0. The van der Waals surface area contributed by atoms with Gasteiger partial charge in [-0.1, -0.05) is 29.3 Å². The first-order valence-corrected chi connectivity index (χ1v) is 6.20. The Balaban J connectivity index is 2.64. The molecule has 0 heterocycles. The summed E-state index contributed by atoms with van der Waals surface area (Å²) in [7, 11) is 0. The second kappa shape index (κ2) is 6.72. The van der Waals surface area contributed by atoms with Crippen LogP contribution in [0.15, 0.2) is 18.2 Å². The van der Waals surface area contributed by atoms with Crippen LogP contribution in [0.2, 0.25) is 10.0 Å². The molecule has 0 bridgehead atoms. The van der Waals surface area contributed by atoms with Crippen molar-refractivity contribution in [2.45, 2.75) is 13.8 Å². The van der Waals surface area contributed by atoms with E-state index in [1.165, 1.54) is 0 Å². The Morgan fingerprint density at radius 1 is 1.24 bits per heavy atom. The molecule has 0 aliphatic carbocycles. The number of carbonyl (C=O) groups excluding carboxylic acids is 1. The molecule has 0 radical (unpaired) electrons. The van der Waals surface area contributed by atoms with Crippen LogP contribution in [0, 0.1) is 0 Å². The quantitative estimate of drug-likeness (QED) is 0.826. The van der Waals surface area contributed by atoms with Crippen molar-refractivity contribution in [2.24, 2.45) is 0 Å². The Morgan fingerprint density at radius 3 is 2.24 bits per heavy atom. The van der Waals surface area contributed by atoms with Crippen molar-refractivity contribution < 1.29 is 9.53 Å². The molecule has 0 saturated carbocycles. The Morgan fingerprint density at radius 2 is 1.76 bits per heavy atom. The third kappa shape index (κ3) is 3.79. The number of halogens is 2. The van der Waals surface area contributed by atoms with Gasteiger partial charge in [0.25, 0.3) is 5.91 Å². The zero-order chi connectivity index (χ0) is 12.8. The second-order valence-corrected chi connectivity index (χ2v) is 4.22. The number of carbonyl (C=O) groups is 1. The van der Waals surface area contributed by atoms with Crippen LogP contribution >= 0.6 is 23.2 Å². The van der Waals surface area contributed by atoms with Gasteiger partial charge in [0.2, 0.25) is 0 Å². The van der Waals surface area contributed by atoms with Gasteiger partial charge in [-0.05, 0) is 26.0 Å². The minimum absolute atomic E-state index is 0.0505. The summed E-state index contributed by atoms with van der Waals surface area (Å²) in [6, 6.07) is 5.07. The molecule has 94 valence electrons. The summed E-state index contributed by atoms with van der Waals surface area (Å²) in [5, 5.41) is 0.815. The average Bonchev–Trinajstić information content (AvgIpc) is 2.30. The van der Waals surface area contributed by atoms with Crippen LogP contribution in [-0.4, -0.2) is 30.5 Å². The molecule has 0 aromatic heterocycles. The summed E-state index contributed by atoms with van der Waals surface area (Å²) >= 11 is 11.9. The van der Waals surface area contributed by atoms with Gasteiger partial charge in [0.05, 0.1) is 10.0 Å². The zero-order valence-electron chi connectivity index (χ0n) is 9.87. The normalized spacial score (nSPS) is 10.1. The number of benzene rings is 1. The minimum atomic E-state index is -0.0778. The van der Waals surface area contributed by atoms with Gasteiger partial charge in [-0.2, -0.15) is 0 Å². The van der Waals surface area contributed by atoms with Gasteiger partial charge >= 0.3 is 0 Å². The Labute approximate surface area is 111 Å². The zero-order valence-corrected chi connectivity index (χ0v) is 11.4. The number of ether oxygens (including phenoxy) is 1. The van der Waals surface area contributed by atoms with Crippen molar-refractivity contribution >= 4 is 29.1 Å². The van der Waals surface area contributed by atoms with Crippen molar-refractivity contribution in [3.63, 3.8) is 0 Å². The van der Waals surface area contributed by atoms with Gasteiger partial charge in [0.15, 0.2) is 12.4 Å². The van der Waals surface area contributed by atoms with E-state index in [2.05, 4.69) is 0 Å². The summed E-state index contributed by atoms with van der Waals surface area (Å²) in [6.45, 7) is 5.11. The van der Waals surface area contributed by atoms with Crippen molar-refractivity contribution in [1.82, 2.24) is 4.90 Å². The van der Waals surface area contributed by atoms with Crippen molar-refractivity contribution in [3.05, 3.63) is 28.2 Å². The first kappa shape index (κ1) is 14.1. The lowest BCUT2D eigenvalue weighted by atomic mass is 10.3. The monoisotopic (exact) mass is 275 g/mol. The standard InChI is InChI=1S/C12H15Cl2NO2/c1-3-15(4-2)11(16)8-17-12-9(13)6-5-7-10(12)14/h5-7H,3-4,8H2,1-2H3. The number of likely N-dealkylation sites (N-methyl/N-ethyl adjacent to an activating group) is 1. The molecular formula is C12H15Cl2NO2. The van der Waals surface area contributed by atoms with E-state index >= 15 is 0 Å². The molecule has 1 aromatic carbocycles. The first-order chi connectivity index (χ1) is 8.10. The van der Waals surface area contributed by atoms with Crippen LogP contribution in [0.4, 0.5) is 0 Å². The molecule has 1 amide bonds. The number of hydrogen-bond donors (Lipinski definition) is 0. The molecule has 0 N–H and O–H groups in total. The van der Waals surface area contributed by atoms with Crippen LogP contribution < -0.4 is 4.74 Å². The molecule has 0 spiro atoms.